The summed E-state index contributed by atoms with van der Waals surface area (Å²) in [6.07, 6.45) is 6.12. The van der Waals surface area contributed by atoms with Crippen LogP contribution >= 0.6 is 0 Å². The van der Waals surface area contributed by atoms with Crippen molar-refractivity contribution in [3.63, 3.8) is 0 Å². The molecule has 2 aromatic carbocycles. The fourth-order valence-electron chi connectivity index (χ4n) is 5.08. The molecular weight excluding hydrogens is 490 g/mol. The first-order chi connectivity index (χ1) is 18.9. The van der Waals surface area contributed by atoms with Gasteiger partial charge in [0.2, 0.25) is 5.95 Å². The van der Waals surface area contributed by atoms with Crippen LogP contribution in [0.4, 0.5) is 23.0 Å². The van der Waals surface area contributed by atoms with Gasteiger partial charge >= 0.3 is 0 Å². The summed E-state index contributed by atoms with van der Waals surface area (Å²) in [4.78, 5) is 26.3. The zero-order chi connectivity index (χ0) is 27.5. The number of para-hydroxylation sites is 1. The molecule has 0 saturated carbocycles. The number of nitrogens with one attached hydrogen (secondary N) is 2. The minimum absolute atomic E-state index is 0.306. The summed E-state index contributed by atoms with van der Waals surface area (Å²) in [5.74, 6) is 0.734. The van der Waals surface area contributed by atoms with E-state index < -0.39 is 0 Å². The van der Waals surface area contributed by atoms with E-state index in [1.807, 2.05) is 37.4 Å². The topological polar surface area (TPSA) is 87.5 Å². The molecule has 39 heavy (non-hydrogen) atoms. The quantitative estimate of drug-likeness (QED) is 0.253. The predicted molar refractivity (Wildman–Crippen MR) is 157 cm³/mol. The lowest BCUT2D eigenvalue weighted by atomic mass is 10.1. The Morgan fingerprint density at radius 3 is 2.79 bits per heavy atom. The van der Waals surface area contributed by atoms with Crippen molar-refractivity contribution in [2.75, 3.05) is 49.8 Å². The molecule has 0 aliphatic carbocycles. The maximum atomic E-state index is 12.5. The van der Waals surface area contributed by atoms with Crippen molar-refractivity contribution in [2.24, 2.45) is 7.05 Å². The van der Waals surface area contributed by atoms with Crippen molar-refractivity contribution in [3.8, 4) is 17.0 Å². The van der Waals surface area contributed by atoms with Crippen LogP contribution in [0, 0.1) is 0 Å². The molecule has 1 fully saturated rings. The summed E-state index contributed by atoms with van der Waals surface area (Å²) >= 11 is 0. The number of nitrogens with zero attached hydrogens (tertiary/aromatic N) is 5. The highest BCUT2D eigenvalue weighted by molar-refractivity contribution is 6.02. The number of aryl methyl sites for hydroxylation is 1. The molecule has 1 amide bonds. The molecule has 0 bridgehead atoms. The van der Waals surface area contributed by atoms with Gasteiger partial charge in [-0.1, -0.05) is 24.8 Å². The molecule has 0 radical (unpaired) electrons. The van der Waals surface area contributed by atoms with Crippen molar-refractivity contribution >= 4 is 39.8 Å². The summed E-state index contributed by atoms with van der Waals surface area (Å²) in [5, 5.41) is 7.41. The molecular formula is C30H33N7O2. The number of benzene rings is 2. The number of fused-ring (bicyclic) bond motifs is 1. The lowest BCUT2D eigenvalue weighted by Gasteiger charge is -2.25. The second-order valence-electron chi connectivity index (χ2n) is 9.82. The summed E-state index contributed by atoms with van der Waals surface area (Å²) in [5.41, 5.74) is 7.67. The maximum absolute atomic E-state index is 12.5. The third-order valence-corrected chi connectivity index (χ3v) is 7.12. The van der Waals surface area contributed by atoms with E-state index in [0.29, 0.717) is 29.1 Å². The molecule has 200 valence electrons. The third kappa shape index (κ3) is 5.36. The third-order valence-electron chi connectivity index (χ3n) is 7.12. The number of amides is 1. The van der Waals surface area contributed by atoms with Gasteiger partial charge in [-0.25, -0.2) is 9.97 Å². The fourth-order valence-corrected chi connectivity index (χ4v) is 5.08. The fraction of sp³-hybridized carbons (Fsp3) is 0.267. The molecule has 4 aromatic rings. The minimum Gasteiger partial charge on any atom is -0.494 e. The van der Waals surface area contributed by atoms with E-state index in [9.17, 15) is 4.79 Å². The van der Waals surface area contributed by atoms with Crippen LogP contribution in [0.2, 0.25) is 0 Å². The van der Waals surface area contributed by atoms with E-state index in [-0.39, 0.29) is 5.91 Å². The first-order valence-electron chi connectivity index (χ1n) is 12.8. The lowest BCUT2D eigenvalue weighted by Crippen LogP contribution is -2.31. The van der Waals surface area contributed by atoms with Gasteiger partial charge in [-0.3, -0.25) is 4.79 Å². The van der Waals surface area contributed by atoms with E-state index in [0.717, 1.165) is 47.4 Å². The zero-order valence-corrected chi connectivity index (χ0v) is 22.7. The van der Waals surface area contributed by atoms with Gasteiger partial charge in [-0.15, -0.1) is 5.73 Å². The monoisotopic (exact) mass is 523 g/mol. The summed E-state index contributed by atoms with van der Waals surface area (Å²) < 4.78 is 7.86. The Balaban J connectivity index is 1.51. The Morgan fingerprint density at radius 1 is 1.23 bits per heavy atom. The molecule has 3 heterocycles. The lowest BCUT2D eigenvalue weighted by molar-refractivity contribution is -0.111. The number of anilines is 4. The van der Waals surface area contributed by atoms with Gasteiger partial charge < -0.3 is 29.7 Å². The van der Waals surface area contributed by atoms with Gasteiger partial charge in [-0.2, -0.15) is 0 Å². The zero-order valence-electron chi connectivity index (χ0n) is 22.7. The first kappa shape index (κ1) is 26.0. The minimum atomic E-state index is -0.306. The first-order valence-corrected chi connectivity index (χ1v) is 12.8. The van der Waals surface area contributed by atoms with Crippen LogP contribution in [0.25, 0.3) is 22.2 Å². The highest BCUT2D eigenvalue weighted by Gasteiger charge is 2.27. The summed E-state index contributed by atoms with van der Waals surface area (Å²) in [6, 6.07) is 14.4. The molecule has 1 aliphatic heterocycles. The number of aromatic nitrogens is 3. The van der Waals surface area contributed by atoms with Crippen molar-refractivity contribution in [1.82, 2.24) is 19.4 Å². The highest BCUT2D eigenvalue weighted by Crippen LogP contribution is 2.40. The number of hydrogen-bond acceptors (Lipinski definition) is 7. The number of carbonyl (C=O) groups excluding carboxylic acids is 1. The molecule has 1 saturated heterocycles. The van der Waals surface area contributed by atoms with E-state index in [1.54, 1.807) is 13.3 Å². The van der Waals surface area contributed by atoms with Gasteiger partial charge in [0.05, 0.1) is 29.9 Å². The van der Waals surface area contributed by atoms with Crippen LogP contribution in [0.15, 0.2) is 73.2 Å². The highest BCUT2D eigenvalue weighted by atomic mass is 16.5. The van der Waals surface area contributed by atoms with Crippen molar-refractivity contribution in [1.29, 1.82) is 0 Å². The van der Waals surface area contributed by atoms with Gasteiger partial charge in [0, 0.05) is 67.2 Å². The number of carbonyl (C=O) groups is 1. The van der Waals surface area contributed by atoms with Crippen LogP contribution in [-0.2, 0) is 11.8 Å². The molecule has 9 heteroatoms. The average molecular weight is 524 g/mol. The molecule has 2 aromatic heterocycles. The Hall–Kier alpha value is -4.59. The van der Waals surface area contributed by atoms with E-state index in [2.05, 4.69) is 74.7 Å². The standard InChI is InChI=1S/C30H33N7O2/c1-6-9-29(38)32-24-16-25(28(39-5)17-27(24)37-15-13-20(18-37)35(2)3)34-30-31-14-12-23(33-30)22-19-36(4)26-11-8-7-10-21(22)26/h7-12,14,16-17,19-20H,1,13,15,18H2,2-5H3,(H,32,38)(H,31,33,34). The number of hydrogen-bond donors (Lipinski definition) is 2. The van der Waals surface area contributed by atoms with E-state index in [4.69, 9.17) is 9.72 Å². The van der Waals surface area contributed by atoms with Gasteiger partial charge in [0.15, 0.2) is 0 Å². The molecule has 1 atom stereocenters. The summed E-state index contributed by atoms with van der Waals surface area (Å²) in [7, 11) is 7.83. The van der Waals surface area contributed by atoms with Gasteiger partial charge in [-0.05, 0) is 38.7 Å². The predicted octanol–water partition coefficient (Wildman–Crippen LogP) is 4.81. The Morgan fingerprint density at radius 2 is 2.05 bits per heavy atom. The second kappa shape index (κ2) is 11.0. The van der Waals surface area contributed by atoms with Crippen molar-refractivity contribution < 1.29 is 9.53 Å². The SMILES string of the molecule is C=C=CC(=O)Nc1cc(Nc2nccc(-c3cn(C)c4ccccc34)n2)c(OC)cc1N1CCC(N(C)C)C1. The number of rotatable bonds is 8. The van der Waals surface area contributed by atoms with Crippen LogP contribution in [0.1, 0.15) is 6.42 Å². The number of ether oxygens (including phenoxy) is 1. The van der Waals surface area contributed by atoms with Gasteiger partial charge in [0.1, 0.15) is 5.75 Å². The Kier molecular flexibility index (Phi) is 7.36. The van der Waals surface area contributed by atoms with Crippen LogP contribution in [0.5, 0.6) is 5.75 Å². The van der Waals surface area contributed by atoms with Crippen LogP contribution in [0.3, 0.4) is 0 Å². The van der Waals surface area contributed by atoms with Crippen molar-refractivity contribution in [3.05, 3.63) is 73.2 Å². The maximum Gasteiger partial charge on any atom is 0.256 e. The Labute approximate surface area is 228 Å². The normalized spacial score (nSPS) is 14.9. The van der Waals surface area contributed by atoms with E-state index in [1.165, 1.54) is 6.08 Å². The van der Waals surface area contributed by atoms with Gasteiger partial charge in [0.25, 0.3) is 5.91 Å². The largest absolute Gasteiger partial charge is 0.494 e. The van der Waals surface area contributed by atoms with Crippen molar-refractivity contribution in [2.45, 2.75) is 12.5 Å². The average Bonchev–Trinajstić information content (AvgIpc) is 3.55. The van der Waals surface area contributed by atoms with Crippen LogP contribution < -0.4 is 20.3 Å². The molecule has 1 unspecified atom stereocenters. The molecule has 5 rings (SSSR count). The van der Waals surface area contributed by atoms with Crippen LogP contribution in [-0.4, -0.2) is 65.7 Å². The molecule has 2 N–H and O–H groups in total. The number of methoxy groups -OCH3 is 1. The molecule has 9 nitrogen and oxygen atoms in total. The summed E-state index contributed by atoms with van der Waals surface area (Å²) in [6.45, 7) is 5.23. The number of likely N-dealkylation sites (N-methyl/N-ethyl adjacent to an activating group) is 1. The van der Waals surface area contributed by atoms with E-state index >= 15 is 0 Å². The molecule has 0 spiro atoms. The smallest absolute Gasteiger partial charge is 0.256 e. The second-order valence-corrected chi connectivity index (χ2v) is 9.82. The Bertz CT molecular complexity index is 1570. The molecule has 1 aliphatic rings.